The van der Waals surface area contributed by atoms with E-state index in [0.29, 0.717) is 18.2 Å². The Morgan fingerprint density at radius 1 is 1.43 bits per heavy atom. The van der Waals surface area contributed by atoms with Crippen LogP contribution in [0.4, 0.5) is 10.2 Å². The van der Waals surface area contributed by atoms with Crippen LogP contribution in [0, 0.1) is 5.95 Å². The zero-order chi connectivity index (χ0) is 9.80. The fraction of sp³-hybridized carbons (Fsp3) is 0.167. The lowest BCUT2D eigenvalue weighted by molar-refractivity contribution is 0.580. The van der Waals surface area contributed by atoms with Crippen molar-refractivity contribution in [2.24, 2.45) is 0 Å². The van der Waals surface area contributed by atoms with Crippen LogP contribution in [-0.2, 0) is 6.54 Å². The highest BCUT2D eigenvalue weighted by atomic mass is 19.1. The van der Waals surface area contributed by atoms with Gasteiger partial charge in [-0.15, -0.1) is 10.2 Å². The molecule has 0 amide bonds. The van der Waals surface area contributed by atoms with Crippen LogP contribution in [0.25, 0.3) is 0 Å². The molecule has 0 bridgehead atoms. The van der Waals surface area contributed by atoms with Crippen LogP contribution in [0.3, 0.4) is 0 Å². The lowest BCUT2D eigenvalue weighted by Crippen LogP contribution is -2.03. The molecular weight excluding hydrogens is 189 g/mol. The smallest absolute Gasteiger partial charge is 0.217 e. The molecule has 0 unspecified atom stereocenters. The maximum atomic E-state index is 12.6. The third-order valence-electron chi connectivity index (χ3n) is 1.45. The highest BCUT2D eigenvalue weighted by molar-refractivity contribution is 5.31. The Morgan fingerprint density at radius 2 is 2.36 bits per heavy atom. The van der Waals surface area contributed by atoms with E-state index in [9.17, 15) is 4.39 Å². The first-order valence-corrected chi connectivity index (χ1v) is 3.78. The molecule has 0 spiro atoms. The molecule has 0 saturated carbocycles. The number of anilines is 1. The van der Waals surface area contributed by atoms with Crippen LogP contribution in [0.5, 0.6) is 0 Å². The Labute approximate surface area is 77.8 Å². The number of H-pyrrole nitrogens is 1. The minimum Gasteiger partial charge on any atom is -0.362 e. The van der Waals surface area contributed by atoms with Gasteiger partial charge in [0.15, 0.2) is 5.82 Å². The number of aromatic nitrogens is 6. The molecule has 0 atom stereocenters. The predicted octanol–water partition coefficient (Wildman–Crippen LogP) is -0.259. The number of rotatable bonds is 3. The summed E-state index contributed by atoms with van der Waals surface area (Å²) >= 11 is 0. The van der Waals surface area contributed by atoms with Crippen molar-refractivity contribution >= 4 is 5.82 Å². The molecular formula is C6H6FN7. The summed E-state index contributed by atoms with van der Waals surface area (Å²) in [5.74, 6) is 0.266. The standard InChI is InChI=1S/C6H6FN7/c7-4-1-5(10-3-9-4)8-2-6-11-13-14-12-6/h1,3H,2H2,(H,8,9,10)(H,11,12,13,14). The monoisotopic (exact) mass is 195 g/mol. The topological polar surface area (TPSA) is 92.3 Å². The summed E-state index contributed by atoms with van der Waals surface area (Å²) < 4.78 is 12.6. The van der Waals surface area contributed by atoms with Crippen LogP contribution in [0.2, 0.25) is 0 Å². The van der Waals surface area contributed by atoms with Gasteiger partial charge in [-0.2, -0.15) is 9.60 Å². The van der Waals surface area contributed by atoms with E-state index in [1.165, 1.54) is 6.07 Å². The summed E-state index contributed by atoms with van der Waals surface area (Å²) in [6.07, 6.45) is 1.13. The molecule has 14 heavy (non-hydrogen) atoms. The SMILES string of the molecule is Fc1cc(NCc2nn[nH]n2)ncn1. The fourth-order valence-electron chi connectivity index (χ4n) is 0.857. The number of halogens is 1. The average Bonchev–Trinajstić information content (AvgIpc) is 2.67. The summed E-state index contributed by atoms with van der Waals surface area (Å²) in [5.41, 5.74) is 0. The second-order valence-corrected chi connectivity index (χ2v) is 2.41. The quantitative estimate of drug-likeness (QED) is 0.655. The van der Waals surface area contributed by atoms with Gasteiger partial charge < -0.3 is 5.32 Å². The van der Waals surface area contributed by atoms with Gasteiger partial charge in [-0.3, -0.25) is 0 Å². The summed E-state index contributed by atoms with van der Waals surface area (Å²) in [6.45, 7) is 0.326. The molecule has 2 heterocycles. The van der Waals surface area contributed by atoms with Gasteiger partial charge in [0.2, 0.25) is 5.95 Å². The predicted molar refractivity (Wildman–Crippen MR) is 43.5 cm³/mol. The first-order chi connectivity index (χ1) is 6.84. The molecule has 2 N–H and O–H groups in total. The molecule has 0 fully saturated rings. The van der Waals surface area contributed by atoms with Crippen molar-refractivity contribution in [1.29, 1.82) is 0 Å². The minimum absolute atomic E-state index is 0.326. The first kappa shape index (κ1) is 8.48. The van der Waals surface area contributed by atoms with Gasteiger partial charge in [-0.25, -0.2) is 9.97 Å². The van der Waals surface area contributed by atoms with E-state index in [-0.39, 0.29) is 0 Å². The van der Waals surface area contributed by atoms with E-state index in [1.54, 1.807) is 0 Å². The molecule has 2 aromatic heterocycles. The molecule has 0 aliphatic rings. The number of nitrogens with one attached hydrogen (secondary N) is 2. The maximum absolute atomic E-state index is 12.6. The van der Waals surface area contributed by atoms with Crippen molar-refractivity contribution in [1.82, 2.24) is 30.6 Å². The molecule has 0 aromatic carbocycles. The molecule has 0 aliphatic heterocycles. The second kappa shape index (κ2) is 3.73. The summed E-state index contributed by atoms with van der Waals surface area (Å²) in [7, 11) is 0. The van der Waals surface area contributed by atoms with Crippen LogP contribution < -0.4 is 5.32 Å². The van der Waals surface area contributed by atoms with Crippen molar-refractivity contribution < 1.29 is 4.39 Å². The highest BCUT2D eigenvalue weighted by Gasteiger charge is 1.99. The van der Waals surface area contributed by atoms with E-state index in [2.05, 4.69) is 35.9 Å². The zero-order valence-corrected chi connectivity index (χ0v) is 6.98. The number of aromatic amines is 1. The highest BCUT2D eigenvalue weighted by Crippen LogP contribution is 2.02. The molecule has 0 radical (unpaired) electrons. The summed E-state index contributed by atoms with van der Waals surface area (Å²) in [6, 6.07) is 1.18. The van der Waals surface area contributed by atoms with Crippen LogP contribution in [-0.4, -0.2) is 30.6 Å². The van der Waals surface area contributed by atoms with Gasteiger partial charge in [0.25, 0.3) is 0 Å². The van der Waals surface area contributed by atoms with Crippen molar-refractivity contribution in [3.8, 4) is 0 Å². The zero-order valence-electron chi connectivity index (χ0n) is 6.98. The van der Waals surface area contributed by atoms with Gasteiger partial charge >= 0.3 is 0 Å². The molecule has 2 rings (SSSR count). The van der Waals surface area contributed by atoms with E-state index in [1.807, 2.05) is 0 Å². The number of tetrazole rings is 1. The van der Waals surface area contributed by atoms with E-state index in [4.69, 9.17) is 0 Å². The number of nitrogens with zero attached hydrogens (tertiary/aromatic N) is 5. The van der Waals surface area contributed by atoms with Gasteiger partial charge in [-0.05, 0) is 0 Å². The van der Waals surface area contributed by atoms with E-state index in [0.717, 1.165) is 6.33 Å². The van der Waals surface area contributed by atoms with Gasteiger partial charge in [-0.1, -0.05) is 5.21 Å². The molecule has 0 saturated heterocycles. The van der Waals surface area contributed by atoms with Crippen molar-refractivity contribution in [2.45, 2.75) is 6.54 Å². The van der Waals surface area contributed by atoms with Crippen LogP contribution in [0.15, 0.2) is 12.4 Å². The van der Waals surface area contributed by atoms with Crippen molar-refractivity contribution in [2.75, 3.05) is 5.32 Å². The Balaban J connectivity index is 1.98. The lowest BCUT2D eigenvalue weighted by Gasteiger charge is -2.00. The lowest BCUT2D eigenvalue weighted by atomic mass is 10.5. The summed E-state index contributed by atoms with van der Waals surface area (Å²) in [4.78, 5) is 7.11. The Kier molecular flexibility index (Phi) is 2.26. The Hall–Kier alpha value is -2.12. The molecule has 72 valence electrons. The third-order valence-corrected chi connectivity index (χ3v) is 1.45. The Bertz CT molecular complexity index is 400. The number of hydrogen-bond donors (Lipinski definition) is 2. The van der Waals surface area contributed by atoms with E-state index >= 15 is 0 Å². The summed E-state index contributed by atoms with van der Waals surface area (Å²) in [5, 5.41) is 15.9. The first-order valence-electron chi connectivity index (χ1n) is 3.78. The van der Waals surface area contributed by atoms with Crippen molar-refractivity contribution in [3.63, 3.8) is 0 Å². The van der Waals surface area contributed by atoms with E-state index < -0.39 is 5.95 Å². The third kappa shape index (κ3) is 1.97. The van der Waals surface area contributed by atoms with Gasteiger partial charge in [0.05, 0.1) is 6.54 Å². The van der Waals surface area contributed by atoms with Crippen molar-refractivity contribution in [3.05, 3.63) is 24.2 Å². The minimum atomic E-state index is -0.587. The van der Waals surface area contributed by atoms with Gasteiger partial charge in [0, 0.05) is 6.07 Å². The largest absolute Gasteiger partial charge is 0.362 e. The Morgan fingerprint density at radius 3 is 3.07 bits per heavy atom. The molecule has 7 nitrogen and oxygen atoms in total. The molecule has 0 aliphatic carbocycles. The number of hydrogen-bond acceptors (Lipinski definition) is 6. The normalized spacial score (nSPS) is 10.1. The van der Waals surface area contributed by atoms with Crippen LogP contribution >= 0.6 is 0 Å². The second-order valence-electron chi connectivity index (χ2n) is 2.41. The van der Waals surface area contributed by atoms with Gasteiger partial charge in [0.1, 0.15) is 12.1 Å². The van der Waals surface area contributed by atoms with Crippen LogP contribution in [0.1, 0.15) is 5.82 Å². The fourth-order valence-corrected chi connectivity index (χ4v) is 0.857. The molecule has 2 aromatic rings. The average molecular weight is 195 g/mol. The maximum Gasteiger partial charge on any atom is 0.217 e. The molecule has 8 heteroatoms.